The van der Waals surface area contributed by atoms with Crippen molar-refractivity contribution >= 4 is 5.91 Å². The van der Waals surface area contributed by atoms with Crippen molar-refractivity contribution in [2.75, 3.05) is 32.7 Å². The molecule has 2 aromatic rings. The van der Waals surface area contributed by atoms with Crippen LogP contribution in [0.2, 0.25) is 0 Å². The maximum absolute atomic E-state index is 12.4. The molecular formula is C19H25N3O. The number of carbonyl (C=O) groups excluding carboxylic acids is 1. The fraction of sp³-hybridized carbons (Fsp3) is 0.421. The van der Waals surface area contributed by atoms with E-state index in [1.54, 1.807) is 6.20 Å². The zero-order chi connectivity index (χ0) is 15.9. The molecule has 1 amide bonds. The van der Waals surface area contributed by atoms with E-state index in [-0.39, 0.29) is 5.91 Å². The van der Waals surface area contributed by atoms with Gasteiger partial charge in [0.25, 0.3) is 5.91 Å². The number of H-pyrrole nitrogens is 1. The number of amides is 1. The minimum atomic E-state index is 0.126. The molecule has 0 aliphatic carbocycles. The summed E-state index contributed by atoms with van der Waals surface area (Å²) in [4.78, 5) is 19.9. The number of benzene rings is 1. The average Bonchev–Trinajstić information content (AvgIpc) is 3.02. The smallest absolute Gasteiger partial charge is 0.270 e. The summed E-state index contributed by atoms with van der Waals surface area (Å²) in [6, 6.07) is 14.4. The van der Waals surface area contributed by atoms with Gasteiger partial charge in [-0.2, -0.15) is 0 Å². The molecule has 122 valence electrons. The Kier molecular flexibility index (Phi) is 5.48. The van der Waals surface area contributed by atoms with Gasteiger partial charge in [-0.3, -0.25) is 4.79 Å². The minimum Gasteiger partial charge on any atom is -0.357 e. The number of nitrogens with zero attached hydrogens (tertiary/aromatic N) is 2. The van der Waals surface area contributed by atoms with E-state index in [4.69, 9.17) is 0 Å². The molecule has 0 radical (unpaired) electrons. The third-order valence-corrected chi connectivity index (χ3v) is 4.49. The molecular weight excluding hydrogens is 286 g/mol. The lowest BCUT2D eigenvalue weighted by molar-refractivity contribution is 0.0756. The summed E-state index contributed by atoms with van der Waals surface area (Å²) in [7, 11) is 0. The maximum Gasteiger partial charge on any atom is 0.270 e. The first-order valence-electron chi connectivity index (χ1n) is 8.52. The number of rotatable bonds is 5. The molecule has 1 N–H and O–H groups in total. The van der Waals surface area contributed by atoms with Gasteiger partial charge in [0.15, 0.2) is 0 Å². The Morgan fingerprint density at radius 3 is 2.65 bits per heavy atom. The van der Waals surface area contributed by atoms with E-state index in [1.807, 2.05) is 17.0 Å². The Morgan fingerprint density at radius 2 is 1.87 bits per heavy atom. The highest BCUT2D eigenvalue weighted by Gasteiger charge is 2.20. The fourth-order valence-corrected chi connectivity index (χ4v) is 3.18. The van der Waals surface area contributed by atoms with Gasteiger partial charge < -0.3 is 14.8 Å². The van der Waals surface area contributed by atoms with Crippen LogP contribution in [0.4, 0.5) is 0 Å². The molecule has 23 heavy (non-hydrogen) atoms. The van der Waals surface area contributed by atoms with Crippen molar-refractivity contribution in [1.29, 1.82) is 0 Å². The molecule has 1 aliphatic rings. The highest BCUT2D eigenvalue weighted by atomic mass is 16.2. The van der Waals surface area contributed by atoms with Gasteiger partial charge in [-0.25, -0.2) is 0 Å². The molecule has 0 unspecified atom stereocenters. The first-order chi connectivity index (χ1) is 11.3. The van der Waals surface area contributed by atoms with Crippen LogP contribution in [-0.2, 0) is 6.42 Å². The van der Waals surface area contributed by atoms with Gasteiger partial charge in [0, 0.05) is 25.8 Å². The molecule has 0 atom stereocenters. The standard InChI is InChI=1S/C19H25N3O/c23-19(18-10-4-11-20-18)22-14-6-13-21(15-16-22)12-5-9-17-7-2-1-3-8-17/h1-4,7-8,10-11,20H,5-6,9,12-16H2. The van der Waals surface area contributed by atoms with E-state index in [1.165, 1.54) is 12.0 Å². The highest BCUT2D eigenvalue weighted by Crippen LogP contribution is 2.09. The molecule has 4 nitrogen and oxygen atoms in total. The molecule has 1 fully saturated rings. The van der Waals surface area contributed by atoms with E-state index < -0.39 is 0 Å². The van der Waals surface area contributed by atoms with Crippen molar-refractivity contribution in [2.45, 2.75) is 19.3 Å². The maximum atomic E-state index is 12.4. The molecule has 1 aromatic carbocycles. The van der Waals surface area contributed by atoms with Crippen LogP contribution in [-0.4, -0.2) is 53.4 Å². The van der Waals surface area contributed by atoms with E-state index in [9.17, 15) is 4.79 Å². The van der Waals surface area contributed by atoms with Gasteiger partial charge in [0.1, 0.15) is 5.69 Å². The average molecular weight is 311 g/mol. The van der Waals surface area contributed by atoms with E-state index in [0.29, 0.717) is 5.69 Å². The number of aromatic amines is 1. The summed E-state index contributed by atoms with van der Waals surface area (Å²) >= 11 is 0. The molecule has 0 spiro atoms. The lowest BCUT2D eigenvalue weighted by atomic mass is 10.1. The van der Waals surface area contributed by atoms with Crippen LogP contribution in [0.3, 0.4) is 0 Å². The highest BCUT2D eigenvalue weighted by molar-refractivity contribution is 5.92. The first-order valence-corrected chi connectivity index (χ1v) is 8.52. The topological polar surface area (TPSA) is 39.3 Å². The summed E-state index contributed by atoms with van der Waals surface area (Å²) in [5.41, 5.74) is 2.10. The van der Waals surface area contributed by atoms with Crippen LogP contribution >= 0.6 is 0 Å². The number of hydrogen-bond acceptors (Lipinski definition) is 2. The van der Waals surface area contributed by atoms with Gasteiger partial charge in [0.05, 0.1) is 0 Å². The largest absolute Gasteiger partial charge is 0.357 e. The van der Waals surface area contributed by atoms with Gasteiger partial charge in [-0.05, 0) is 50.0 Å². The molecule has 1 aromatic heterocycles. The predicted molar refractivity (Wildman–Crippen MR) is 92.5 cm³/mol. The Morgan fingerprint density at radius 1 is 1.00 bits per heavy atom. The second-order valence-electron chi connectivity index (χ2n) is 6.16. The lowest BCUT2D eigenvalue weighted by Crippen LogP contribution is -2.35. The van der Waals surface area contributed by atoms with Crippen LogP contribution in [0.1, 0.15) is 28.9 Å². The summed E-state index contributed by atoms with van der Waals surface area (Å²) in [6.07, 6.45) is 5.16. The number of hydrogen-bond donors (Lipinski definition) is 1. The van der Waals surface area contributed by atoms with Gasteiger partial charge in [-0.15, -0.1) is 0 Å². The van der Waals surface area contributed by atoms with Crippen molar-refractivity contribution in [3.8, 4) is 0 Å². The summed E-state index contributed by atoms with van der Waals surface area (Å²) in [5, 5.41) is 0. The van der Waals surface area contributed by atoms with E-state index >= 15 is 0 Å². The fourth-order valence-electron chi connectivity index (χ4n) is 3.18. The number of aryl methyl sites for hydroxylation is 1. The normalized spacial score (nSPS) is 16.3. The van der Waals surface area contributed by atoms with Crippen LogP contribution in [0.5, 0.6) is 0 Å². The van der Waals surface area contributed by atoms with Crippen LogP contribution in [0.15, 0.2) is 48.7 Å². The Hall–Kier alpha value is -2.07. The van der Waals surface area contributed by atoms with Crippen LogP contribution in [0.25, 0.3) is 0 Å². The molecule has 3 rings (SSSR count). The predicted octanol–water partition coefficient (Wildman–Crippen LogP) is 2.80. The minimum absolute atomic E-state index is 0.126. The van der Waals surface area contributed by atoms with Crippen molar-refractivity contribution in [1.82, 2.24) is 14.8 Å². The van der Waals surface area contributed by atoms with Crippen molar-refractivity contribution in [3.63, 3.8) is 0 Å². The molecule has 1 aliphatic heterocycles. The summed E-state index contributed by atoms with van der Waals surface area (Å²) < 4.78 is 0. The monoisotopic (exact) mass is 311 g/mol. The molecule has 4 heteroatoms. The van der Waals surface area contributed by atoms with Crippen molar-refractivity contribution < 1.29 is 4.79 Å². The second-order valence-corrected chi connectivity index (χ2v) is 6.16. The molecule has 2 heterocycles. The Bertz CT molecular complexity index is 594. The first kappa shape index (κ1) is 15.8. The zero-order valence-electron chi connectivity index (χ0n) is 13.6. The molecule has 1 saturated heterocycles. The third-order valence-electron chi connectivity index (χ3n) is 4.49. The van der Waals surface area contributed by atoms with Gasteiger partial charge in [-0.1, -0.05) is 30.3 Å². The van der Waals surface area contributed by atoms with E-state index in [0.717, 1.165) is 45.6 Å². The van der Waals surface area contributed by atoms with Crippen molar-refractivity contribution in [2.24, 2.45) is 0 Å². The quantitative estimate of drug-likeness (QED) is 0.922. The second kappa shape index (κ2) is 7.97. The van der Waals surface area contributed by atoms with Gasteiger partial charge in [0.2, 0.25) is 0 Å². The number of carbonyl (C=O) groups is 1. The summed E-state index contributed by atoms with van der Waals surface area (Å²) in [5.74, 6) is 0.126. The SMILES string of the molecule is O=C(c1ccc[nH]1)N1CCCN(CCCc2ccccc2)CC1. The van der Waals surface area contributed by atoms with E-state index in [2.05, 4.69) is 40.2 Å². The molecule has 0 saturated carbocycles. The third kappa shape index (κ3) is 4.45. The summed E-state index contributed by atoms with van der Waals surface area (Å²) in [6.45, 7) is 4.85. The van der Waals surface area contributed by atoms with Crippen LogP contribution < -0.4 is 0 Å². The number of nitrogens with one attached hydrogen (secondary N) is 1. The van der Waals surface area contributed by atoms with Crippen LogP contribution in [0, 0.1) is 0 Å². The molecule has 0 bridgehead atoms. The lowest BCUT2D eigenvalue weighted by Gasteiger charge is -2.21. The Balaban J connectivity index is 1.44. The Labute approximate surface area is 138 Å². The zero-order valence-corrected chi connectivity index (χ0v) is 13.6. The van der Waals surface area contributed by atoms with Gasteiger partial charge >= 0.3 is 0 Å². The number of aromatic nitrogens is 1. The van der Waals surface area contributed by atoms with Crippen molar-refractivity contribution in [3.05, 3.63) is 59.9 Å².